The molecule has 1 aromatic rings. The van der Waals surface area contributed by atoms with Gasteiger partial charge in [-0.15, -0.1) is 0 Å². The van der Waals surface area contributed by atoms with Crippen molar-refractivity contribution in [2.24, 2.45) is 5.41 Å². The molecule has 0 spiro atoms. The lowest BCUT2D eigenvalue weighted by Crippen LogP contribution is -2.39. The molecule has 4 heteroatoms. The molecule has 0 amide bonds. The standard InChI is InChI=1S/C15H22N2O2/c1-11(16-14-5-4-10-15(14,2)3)12-6-8-13(9-7-12)17(18)19/h6-9,11,14,16H,4-5,10H2,1-3H3. The van der Waals surface area contributed by atoms with Crippen LogP contribution in [0.2, 0.25) is 0 Å². The third-order valence-corrected chi connectivity index (χ3v) is 4.31. The molecule has 2 atom stereocenters. The normalized spacial score (nSPS) is 23.2. The molecule has 4 nitrogen and oxygen atoms in total. The molecule has 2 rings (SSSR count). The van der Waals surface area contributed by atoms with Crippen LogP contribution in [0.4, 0.5) is 5.69 Å². The number of benzene rings is 1. The van der Waals surface area contributed by atoms with E-state index in [9.17, 15) is 10.1 Å². The van der Waals surface area contributed by atoms with Gasteiger partial charge >= 0.3 is 0 Å². The molecule has 19 heavy (non-hydrogen) atoms. The van der Waals surface area contributed by atoms with Crippen molar-refractivity contribution in [1.29, 1.82) is 0 Å². The summed E-state index contributed by atoms with van der Waals surface area (Å²) in [5.74, 6) is 0. The number of rotatable bonds is 4. The van der Waals surface area contributed by atoms with Gasteiger partial charge in [0.1, 0.15) is 0 Å². The molecule has 0 radical (unpaired) electrons. The van der Waals surface area contributed by atoms with Crippen LogP contribution in [0.3, 0.4) is 0 Å². The maximum absolute atomic E-state index is 10.6. The van der Waals surface area contributed by atoms with E-state index in [1.54, 1.807) is 12.1 Å². The fourth-order valence-electron chi connectivity index (χ4n) is 2.92. The zero-order valence-electron chi connectivity index (χ0n) is 11.8. The minimum absolute atomic E-state index is 0.150. The quantitative estimate of drug-likeness (QED) is 0.663. The number of non-ortho nitro benzene ring substituents is 1. The molecule has 1 saturated carbocycles. The Labute approximate surface area is 114 Å². The smallest absolute Gasteiger partial charge is 0.269 e. The highest BCUT2D eigenvalue weighted by Gasteiger charge is 2.34. The second kappa shape index (κ2) is 5.29. The van der Waals surface area contributed by atoms with Gasteiger partial charge in [0, 0.05) is 24.2 Å². The number of hydrogen-bond donors (Lipinski definition) is 1. The average Bonchev–Trinajstić information content (AvgIpc) is 2.69. The first-order valence-electron chi connectivity index (χ1n) is 6.90. The molecule has 1 aliphatic carbocycles. The Morgan fingerprint density at radius 1 is 1.37 bits per heavy atom. The monoisotopic (exact) mass is 262 g/mol. The summed E-state index contributed by atoms with van der Waals surface area (Å²) in [4.78, 5) is 10.3. The molecule has 0 aromatic heterocycles. The molecule has 0 heterocycles. The van der Waals surface area contributed by atoms with Gasteiger partial charge in [-0.25, -0.2) is 0 Å². The summed E-state index contributed by atoms with van der Waals surface area (Å²) in [6.45, 7) is 6.73. The highest BCUT2D eigenvalue weighted by molar-refractivity contribution is 5.34. The van der Waals surface area contributed by atoms with Crippen LogP contribution in [-0.4, -0.2) is 11.0 Å². The van der Waals surface area contributed by atoms with Crippen LogP contribution in [-0.2, 0) is 0 Å². The first-order valence-corrected chi connectivity index (χ1v) is 6.90. The SMILES string of the molecule is CC(NC1CCCC1(C)C)c1ccc([N+](=O)[O-])cc1. The van der Waals surface area contributed by atoms with E-state index in [0.717, 1.165) is 5.56 Å². The van der Waals surface area contributed by atoms with Gasteiger partial charge in [0.25, 0.3) is 5.69 Å². The lowest BCUT2D eigenvalue weighted by molar-refractivity contribution is -0.384. The van der Waals surface area contributed by atoms with Crippen LogP contribution < -0.4 is 5.32 Å². The summed E-state index contributed by atoms with van der Waals surface area (Å²) >= 11 is 0. The molecule has 0 aliphatic heterocycles. The Balaban J connectivity index is 2.03. The van der Waals surface area contributed by atoms with Crippen LogP contribution in [0.25, 0.3) is 0 Å². The minimum atomic E-state index is -0.359. The van der Waals surface area contributed by atoms with Gasteiger partial charge in [-0.3, -0.25) is 10.1 Å². The Hall–Kier alpha value is -1.42. The Morgan fingerprint density at radius 3 is 2.47 bits per heavy atom. The van der Waals surface area contributed by atoms with Gasteiger partial charge in [0.05, 0.1) is 4.92 Å². The number of hydrogen-bond acceptors (Lipinski definition) is 3. The number of nitro benzene ring substituents is 1. The van der Waals surface area contributed by atoms with Crippen LogP contribution in [0.15, 0.2) is 24.3 Å². The first-order chi connectivity index (χ1) is 8.90. The van der Waals surface area contributed by atoms with E-state index in [1.807, 2.05) is 12.1 Å². The highest BCUT2D eigenvalue weighted by atomic mass is 16.6. The summed E-state index contributed by atoms with van der Waals surface area (Å²) < 4.78 is 0. The van der Waals surface area contributed by atoms with Crippen molar-refractivity contribution in [3.8, 4) is 0 Å². The summed E-state index contributed by atoms with van der Waals surface area (Å²) in [7, 11) is 0. The number of nitrogens with zero attached hydrogens (tertiary/aromatic N) is 1. The van der Waals surface area contributed by atoms with E-state index in [2.05, 4.69) is 26.1 Å². The zero-order valence-corrected chi connectivity index (χ0v) is 11.8. The topological polar surface area (TPSA) is 55.2 Å². The minimum Gasteiger partial charge on any atom is -0.307 e. The van der Waals surface area contributed by atoms with Gasteiger partial charge in [-0.05, 0) is 30.7 Å². The fraction of sp³-hybridized carbons (Fsp3) is 0.600. The lowest BCUT2D eigenvalue weighted by Gasteiger charge is -2.31. The Bertz CT molecular complexity index is 454. The lowest BCUT2D eigenvalue weighted by atomic mass is 9.86. The second-order valence-corrected chi connectivity index (χ2v) is 6.17. The molecule has 0 bridgehead atoms. The highest BCUT2D eigenvalue weighted by Crippen LogP contribution is 2.38. The summed E-state index contributed by atoms with van der Waals surface area (Å²) in [5.41, 5.74) is 1.60. The van der Waals surface area contributed by atoms with E-state index in [0.29, 0.717) is 11.5 Å². The summed E-state index contributed by atoms with van der Waals surface area (Å²) in [6, 6.07) is 7.59. The van der Waals surface area contributed by atoms with E-state index < -0.39 is 0 Å². The molecule has 0 saturated heterocycles. The summed E-state index contributed by atoms with van der Waals surface area (Å²) in [5, 5.41) is 14.3. The van der Waals surface area contributed by atoms with Crippen molar-refractivity contribution >= 4 is 5.69 Å². The van der Waals surface area contributed by atoms with E-state index >= 15 is 0 Å². The molecular weight excluding hydrogens is 240 g/mol. The summed E-state index contributed by atoms with van der Waals surface area (Å²) in [6.07, 6.45) is 3.75. The van der Waals surface area contributed by atoms with Gasteiger partial charge in [-0.1, -0.05) is 32.4 Å². The van der Waals surface area contributed by atoms with Gasteiger partial charge < -0.3 is 5.32 Å². The van der Waals surface area contributed by atoms with E-state index in [1.165, 1.54) is 19.3 Å². The predicted molar refractivity (Wildman–Crippen MR) is 76.1 cm³/mol. The van der Waals surface area contributed by atoms with Crippen LogP contribution >= 0.6 is 0 Å². The predicted octanol–water partition coefficient (Wildman–Crippen LogP) is 3.82. The van der Waals surface area contributed by atoms with Crippen molar-refractivity contribution < 1.29 is 4.92 Å². The van der Waals surface area contributed by atoms with E-state index in [4.69, 9.17) is 0 Å². The van der Waals surface area contributed by atoms with Crippen molar-refractivity contribution in [3.63, 3.8) is 0 Å². The van der Waals surface area contributed by atoms with Crippen LogP contribution in [0, 0.1) is 15.5 Å². The third kappa shape index (κ3) is 3.13. The van der Waals surface area contributed by atoms with Gasteiger partial charge in [-0.2, -0.15) is 0 Å². The Morgan fingerprint density at radius 2 is 2.00 bits per heavy atom. The largest absolute Gasteiger partial charge is 0.307 e. The van der Waals surface area contributed by atoms with Crippen LogP contribution in [0.1, 0.15) is 51.6 Å². The molecule has 1 aromatic carbocycles. The average molecular weight is 262 g/mol. The molecular formula is C15H22N2O2. The molecule has 1 aliphatic rings. The van der Waals surface area contributed by atoms with Gasteiger partial charge in [0.2, 0.25) is 0 Å². The fourth-order valence-corrected chi connectivity index (χ4v) is 2.92. The van der Waals surface area contributed by atoms with E-state index in [-0.39, 0.29) is 16.7 Å². The Kier molecular flexibility index (Phi) is 3.90. The molecule has 2 unspecified atom stereocenters. The maximum atomic E-state index is 10.6. The third-order valence-electron chi connectivity index (χ3n) is 4.31. The molecule has 1 fully saturated rings. The van der Waals surface area contributed by atoms with Crippen molar-refractivity contribution in [2.45, 2.75) is 52.1 Å². The zero-order chi connectivity index (χ0) is 14.0. The number of nitro groups is 1. The molecule has 104 valence electrons. The van der Waals surface area contributed by atoms with Gasteiger partial charge in [0.15, 0.2) is 0 Å². The maximum Gasteiger partial charge on any atom is 0.269 e. The van der Waals surface area contributed by atoms with Crippen molar-refractivity contribution in [1.82, 2.24) is 5.32 Å². The van der Waals surface area contributed by atoms with Crippen molar-refractivity contribution in [3.05, 3.63) is 39.9 Å². The van der Waals surface area contributed by atoms with Crippen LogP contribution in [0.5, 0.6) is 0 Å². The first kappa shape index (κ1) is 14.0. The van der Waals surface area contributed by atoms with Crippen molar-refractivity contribution in [2.75, 3.05) is 0 Å². The second-order valence-electron chi connectivity index (χ2n) is 6.17. The molecule has 1 N–H and O–H groups in total. The number of nitrogens with one attached hydrogen (secondary N) is 1.